The molecule has 0 atom stereocenters. The molecule has 1 aromatic carbocycles. The number of halogens is 3. The SMILES string of the molecule is C#C.C/C(=C/CC1CCNCC1)Nc1ccc(OC(F)(F)F)cc1.CC.CC. The van der Waals surface area contributed by atoms with Crippen molar-refractivity contribution in [1.82, 2.24) is 5.32 Å². The van der Waals surface area contributed by atoms with Gasteiger partial charge in [-0.1, -0.05) is 33.8 Å². The Kier molecular flexibility index (Phi) is 17.1. The molecular formula is C22H35F3N2O. The molecule has 6 heteroatoms. The summed E-state index contributed by atoms with van der Waals surface area (Å²) in [6, 6.07) is 5.75. The van der Waals surface area contributed by atoms with Crippen LogP contribution >= 0.6 is 0 Å². The summed E-state index contributed by atoms with van der Waals surface area (Å²) in [6.07, 6.45) is 8.89. The molecule has 1 heterocycles. The Balaban J connectivity index is 0. The van der Waals surface area contributed by atoms with Gasteiger partial charge in [0.05, 0.1) is 0 Å². The highest BCUT2D eigenvalue weighted by atomic mass is 19.4. The molecular weight excluding hydrogens is 365 g/mol. The number of hydrogen-bond acceptors (Lipinski definition) is 3. The zero-order valence-corrected chi connectivity index (χ0v) is 17.7. The fraction of sp³-hybridized carbons (Fsp3) is 0.545. The molecule has 1 aromatic rings. The maximum Gasteiger partial charge on any atom is 0.573 e. The molecule has 0 amide bonds. The smallest absolute Gasteiger partial charge is 0.406 e. The maximum absolute atomic E-state index is 12.1. The summed E-state index contributed by atoms with van der Waals surface area (Å²) in [5.41, 5.74) is 1.75. The Hall–Kier alpha value is -2.13. The molecule has 0 aromatic heterocycles. The fourth-order valence-corrected chi connectivity index (χ4v) is 2.48. The van der Waals surface area contributed by atoms with Gasteiger partial charge in [0.25, 0.3) is 0 Å². The van der Waals surface area contributed by atoms with Crippen molar-refractivity contribution in [2.45, 2.75) is 60.2 Å². The van der Waals surface area contributed by atoms with E-state index in [0.29, 0.717) is 5.92 Å². The zero-order valence-electron chi connectivity index (χ0n) is 17.7. The average molecular weight is 401 g/mol. The summed E-state index contributed by atoms with van der Waals surface area (Å²) in [5.74, 6) is 0.495. The van der Waals surface area contributed by atoms with Crippen molar-refractivity contribution in [3.63, 3.8) is 0 Å². The normalized spacial score (nSPS) is 14.1. The minimum Gasteiger partial charge on any atom is -0.406 e. The van der Waals surface area contributed by atoms with Gasteiger partial charge < -0.3 is 15.4 Å². The first-order valence-corrected chi connectivity index (χ1v) is 9.76. The van der Waals surface area contributed by atoms with Crippen LogP contribution in [0.25, 0.3) is 0 Å². The Morgan fingerprint density at radius 1 is 1.11 bits per heavy atom. The number of alkyl halides is 3. The molecule has 0 unspecified atom stereocenters. The van der Waals surface area contributed by atoms with Crippen molar-refractivity contribution in [2.24, 2.45) is 5.92 Å². The maximum atomic E-state index is 12.1. The molecule has 160 valence electrons. The topological polar surface area (TPSA) is 33.3 Å². The minimum atomic E-state index is -4.65. The van der Waals surface area contributed by atoms with Crippen LogP contribution in [0.4, 0.5) is 18.9 Å². The molecule has 2 rings (SSSR count). The van der Waals surface area contributed by atoms with Gasteiger partial charge in [0, 0.05) is 11.4 Å². The lowest BCUT2D eigenvalue weighted by Crippen LogP contribution is -2.27. The van der Waals surface area contributed by atoms with E-state index in [1.807, 2.05) is 34.6 Å². The van der Waals surface area contributed by atoms with Crippen LogP contribution in [0.2, 0.25) is 0 Å². The number of allylic oxidation sites excluding steroid dienone is 2. The summed E-state index contributed by atoms with van der Waals surface area (Å²) in [5, 5.41) is 6.52. The van der Waals surface area contributed by atoms with Gasteiger partial charge in [-0.05, 0) is 69.5 Å². The highest BCUT2D eigenvalue weighted by Crippen LogP contribution is 2.24. The third kappa shape index (κ3) is 14.0. The summed E-state index contributed by atoms with van der Waals surface area (Å²) in [6.45, 7) is 12.1. The van der Waals surface area contributed by atoms with E-state index in [1.165, 1.54) is 25.0 Å². The molecule has 1 saturated heterocycles. The molecule has 0 bridgehead atoms. The van der Waals surface area contributed by atoms with Crippen molar-refractivity contribution < 1.29 is 17.9 Å². The highest BCUT2D eigenvalue weighted by molar-refractivity contribution is 5.50. The number of piperidine rings is 1. The third-order valence-corrected chi connectivity index (χ3v) is 3.65. The van der Waals surface area contributed by atoms with E-state index >= 15 is 0 Å². The number of terminal acetylenes is 1. The number of hydrogen-bond donors (Lipinski definition) is 2. The monoisotopic (exact) mass is 400 g/mol. The number of nitrogens with one attached hydrogen (secondary N) is 2. The van der Waals surface area contributed by atoms with Gasteiger partial charge in [-0.2, -0.15) is 0 Å². The van der Waals surface area contributed by atoms with Crippen LogP contribution in [0.1, 0.15) is 53.9 Å². The van der Waals surface area contributed by atoms with Crippen molar-refractivity contribution in [3.8, 4) is 18.6 Å². The fourth-order valence-electron chi connectivity index (χ4n) is 2.48. The van der Waals surface area contributed by atoms with Crippen LogP contribution in [0.3, 0.4) is 0 Å². The van der Waals surface area contributed by atoms with Crippen molar-refractivity contribution in [3.05, 3.63) is 36.0 Å². The predicted octanol–water partition coefficient (Wildman–Crippen LogP) is 6.59. The third-order valence-electron chi connectivity index (χ3n) is 3.65. The molecule has 1 aliphatic heterocycles. The van der Waals surface area contributed by atoms with Crippen LogP contribution in [0.15, 0.2) is 36.0 Å². The number of benzene rings is 1. The molecule has 1 aliphatic rings. The van der Waals surface area contributed by atoms with E-state index in [4.69, 9.17) is 0 Å². The summed E-state index contributed by atoms with van der Waals surface area (Å²) >= 11 is 0. The lowest BCUT2D eigenvalue weighted by molar-refractivity contribution is -0.274. The summed E-state index contributed by atoms with van der Waals surface area (Å²) < 4.78 is 40.1. The minimum absolute atomic E-state index is 0.214. The molecule has 0 saturated carbocycles. The van der Waals surface area contributed by atoms with Crippen LogP contribution in [0.5, 0.6) is 5.75 Å². The lowest BCUT2D eigenvalue weighted by Gasteiger charge is -2.21. The van der Waals surface area contributed by atoms with Crippen LogP contribution in [-0.4, -0.2) is 19.5 Å². The van der Waals surface area contributed by atoms with Crippen molar-refractivity contribution >= 4 is 5.69 Å². The van der Waals surface area contributed by atoms with Gasteiger partial charge >= 0.3 is 6.36 Å². The van der Waals surface area contributed by atoms with Gasteiger partial charge in [0.15, 0.2) is 0 Å². The van der Waals surface area contributed by atoms with Gasteiger partial charge in [0.1, 0.15) is 5.75 Å². The zero-order chi connectivity index (χ0) is 22.0. The Morgan fingerprint density at radius 2 is 1.61 bits per heavy atom. The first-order chi connectivity index (χ1) is 13.4. The number of ether oxygens (including phenoxy) is 1. The summed E-state index contributed by atoms with van der Waals surface area (Å²) in [4.78, 5) is 0. The average Bonchev–Trinajstić information content (AvgIpc) is 2.72. The molecule has 0 radical (unpaired) electrons. The van der Waals surface area contributed by atoms with Crippen LogP contribution < -0.4 is 15.4 Å². The van der Waals surface area contributed by atoms with Crippen LogP contribution in [0, 0.1) is 18.8 Å². The Bertz CT molecular complexity index is 531. The Morgan fingerprint density at radius 3 is 2.07 bits per heavy atom. The van der Waals surface area contributed by atoms with E-state index in [2.05, 4.69) is 34.3 Å². The number of anilines is 1. The second-order valence-electron chi connectivity index (χ2n) is 5.51. The van der Waals surface area contributed by atoms with E-state index in [-0.39, 0.29) is 5.75 Å². The lowest BCUT2D eigenvalue weighted by atomic mass is 9.94. The standard InChI is InChI=1S/C16H21F3N2O.2C2H6.C2H2/c1-12(2-3-13-8-10-20-11-9-13)21-14-4-6-15(7-5-14)22-16(17,18)19;3*1-2/h2,4-7,13,20-21H,3,8-11H2,1H3;2*1-2H3;1-2H/b12-2-;;;. The van der Waals surface area contributed by atoms with Gasteiger partial charge in [-0.25, -0.2) is 0 Å². The quantitative estimate of drug-likeness (QED) is 0.547. The van der Waals surface area contributed by atoms with E-state index in [0.717, 1.165) is 30.9 Å². The largest absolute Gasteiger partial charge is 0.573 e. The van der Waals surface area contributed by atoms with Crippen molar-refractivity contribution in [2.75, 3.05) is 18.4 Å². The first kappa shape index (κ1) is 28.1. The van der Waals surface area contributed by atoms with Crippen LogP contribution in [-0.2, 0) is 0 Å². The molecule has 2 N–H and O–H groups in total. The second kappa shape index (κ2) is 17.0. The van der Waals surface area contributed by atoms with Crippen molar-refractivity contribution in [1.29, 1.82) is 0 Å². The molecule has 28 heavy (non-hydrogen) atoms. The molecule has 0 aliphatic carbocycles. The van der Waals surface area contributed by atoms with Gasteiger partial charge in [-0.15, -0.1) is 26.0 Å². The second-order valence-corrected chi connectivity index (χ2v) is 5.51. The molecule has 3 nitrogen and oxygen atoms in total. The number of rotatable bonds is 5. The van der Waals surface area contributed by atoms with E-state index in [9.17, 15) is 13.2 Å². The first-order valence-electron chi connectivity index (χ1n) is 9.76. The van der Waals surface area contributed by atoms with Gasteiger partial charge in [0.2, 0.25) is 0 Å². The molecule has 0 spiro atoms. The predicted molar refractivity (Wildman–Crippen MR) is 113 cm³/mol. The van der Waals surface area contributed by atoms with E-state index in [1.54, 1.807) is 12.1 Å². The van der Waals surface area contributed by atoms with E-state index < -0.39 is 6.36 Å². The molecule has 1 fully saturated rings. The highest BCUT2D eigenvalue weighted by Gasteiger charge is 2.30. The Labute approximate surface area is 168 Å². The van der Waals surface area contributed by atoms with Gasteiger partial charge in [-0.3, -0.25) is 0 Å². The summed E-state index contributed by atoms with van der Waals surface area (Å²) in [7, 11) is 0.